The maximum atomic E-state index is 13.1. The van der Waals surface area contributed by atoms with Crippen LogP contribution in [0, 0.1) is 12.7 Å². The molecule has 1 amide bonds. The second-order valence-electron chi connectivity index (χ2n) is 8.37. The highest BCUT2D eigenvalue weighted by atomic mass is 32.2. The van der Waals surface area contributed by atoms with Gasteiger partial charge in [-0.3, -0.25) is 9.52 Å². The van der Waals surface area contributed by atoms with Gasteiger partial charge in [-0.1, -0.05) is 12.1 Å². The summed E-state index contributed by atoms with van der Waals surface area (Å²) in [6, 6.07) is 17.2. The third-order valence-electron chi connectivity index (χ3n) is 5.96. The average Bonchev–Trinajstić information content (AvgIpc) is 2.89. The van der Waals surface area contributed by atoms with Gasteiger partial charge in [0.05, 0.1) is 17.7 Å². The van der Waals surface area contributed by atoms with Gasteiger partial charge in [-0.2, -0.15) is 0 Å². The molecule has 0 aromatic heterocycles. The smallest absolute Gasteiger partial charge is 0.261 e. The lowest BCUT2D eigenvalue weighted by atomic mass is 10.2. The maximum Gasteiger partial charge on any atom is 0.261 e. The van der Waals surface area contributed by atoms with Gasteiger partial charge in [0.15, 0.2) is 6.61 Å². The van der Waals surface area contributed by atoms with Crippen molar-refractivity contribution in [2.45, 2.75) is 11.8 Å². The van der Waals surface area contributed by atoms with Crippen molar-refractivity contribution in [3.8, 4) is 11.5 Å². The minimum atomic E-state index is -3.86. The highest BCUT2D eigenvalue weighted by Gasteiger charge is 2.23. The van der Waals surface area contributed by atoms with E-state index in [9.17, 15) is 17.6 Å². The Morgan fingerprint density at radius 2 is 1.67 bits per heavy atom. The van der Waals surface area contributed by atoms with Gasteiger partial charge in [0.1, 0.15) is 17.3 Å². The van der Waals surface area contributed by atoms with E-state index in [1.54, 1.807) is 18.9 Å². The normalized spacial score (nSPS) is 13.9. The van der Waals surface area contributed by atoms with Crippen molar-refractivity contribution in [3.63, 3.8) is 0 Å². The zero-order chi connectivity index (χ0) is 25.7. The maximum absolute atomic E-state index is 13.1. The number of hydrogen-bond donors (Lipinski definition) is 1. The van der Waals surface area contributed by atoms with Gasteiger partial charge in [0.25, 0.3) is 15.9 Å². The number of halogens is 1. The first-order valence-corrected chi connectivity index (χ1v) is 12.9. The van der Waals surface area contributed by atoms with Crippen LogP contribution in [0.5, 0.6) is 11.5 Å². The molecule has 1 heterocycles. The van der Waals surface area contributed by atoms with Gasteiger partial charge < -0.3 is 19.3 Å². The van der Waals surface area contributed by atoms with Gasteiger partial charge in [-0.25, -0.2) is 12.8 Å². The van der Waals surface area contributed by atoms with Crippen molar-refractivity contribution in [1.82, 2.24) is 4.90 Å². The topological polar surface area (TPSA) is 88.2 Å². The van der Waals surface area contributed by atoms with Crippen LogP contribution in [0.25, 0.3) is 0 Å². The molecule has 0 radical (unpaired) electrons. The van der Waals surface area contributed by atoms with Crippen molar-refractivity contribution in [1.29, 1.82) is 0 Å². The van der Waals surface area contributed by atoms with Crippen LogP contribution in [-0.2, 0) is 14.8 Å². The Balaban J connectivity index is 1.32. The number of nitrogens with zero attached hydrogens (tertiary/aromatic N) is 2. The SMILES string of the molecule is COc1ccccc1N1CCN(C(=O)COc2ccc(S(=O)(=O)Nc3ccc(F)cc3)cc2C)CC1. The number of hydrogen-bond acceptors (Lipinski definition) is 6. The van der Waals surface area contributed by atoms with Crippen molar-refractivity contribution in [2.75, 3.05) is 49.5 Å². The van der Waals surface area contributed by atoms with Crippen LogP contribution >= 0.6 is 0 Å². The van der Waals surface area contributed by atoms with Crippen molar-refractivity contribution >= 4 is 27.3 Å². The van der Waals surface area contributed by atoms with E-state index in [2.05, 4.69) is 9.62 Å². The molecule has 0 saturated carbocycles. The first kappa shape index (κ1) is 25.3. The molecule has 10 heteroatoms. The number of carbonyl (C=O) groups is 1. The summed E-state index contributed by atoms with van der Waals surface area (Å²) < 4.78 is 52.0. The van der Waals surface area contributed by atoms with Crippen LogP contribution < -0.4 is 19.1 Å². The number of rotatable bonds is 8. The molecule has 1 fully saturated rings. The number of amides is 1. The zero-order valence-electron chi connectivity index (χ0n) is 20.1. The van der Waals surface area contributed by atoms with E-state index >= 15 is 0 Å². The molecule has 8 nitrogen and oxygen atoms in total. The molecule has 0 unspecified atom stereocenters. The summed E-state index contributed by atoms with van der Waals surface area (Å²) in [5.74, 6) is 0.637. The number of aryl methyl sites for hydroxylation is 1. The number of benzene rings is 3. The number of nitrogens with one attached hydrogen (secondary N) is 1. The van der Waals surface area contributed by atoms with E-state index in [0.29, 0.717) is 37.5 Å². The molecule has 3 aromatic carbocycles. The Morgan fingerprint density at radius 1 is 0.972 bits per heavy atom. The van der Waals surface area contributed by atoms with Gasteiger partial charge >= 0.3 is 0 Å². The molecule has 4 rings (SSSR count). The van der Waals surface area contributed by atoms with E-state index in [4.69, 9.17) is 9.47 Å². The standard InChI is InChI=1S/C26H28FN3O5S/c1-19-17-22(36(32,33)28-21-9-7-20(27)8-10-21)11-12-24(19)35-18-26(31)30-15-13-29(14-16-30)23-5-3-4-6-25(23)34-2/h3-12,17,28H,13-16,18H2,1-2H3. The average molecular weight is 514 g/mol. The largest absolute Gasteiger partial charge is 0.495 e. The second kappa shape index (κ2) is 10.9. The Bertz CT molecular complexity index is 1320. The number of para-hydroxylation sites is 2. The molecule has 0 spiro atoms. The molecule has 190 valence electrons. The molecule has 1 saturated heterocycles. The third-order valence-corrected chi connectivity index (χ3v) is 7.34. The van der Waals surface area contributed by atoms with Gasteiger partial charge in [-0.05, 0) is 67.1 Å². The summed E-state index contributed by atoms with van der Waals surface area (Å²) in [5, 5.41) is 0. The van der Waals surface area contributed by atoms with Crippen molar-refractivity contribution in [3.05, 3.63) is 78.1 Å². The van der Waals surface area contributed by atoms with E-state index in [1.165, 1.54) is 42.5 Å². The van der Waals surface area contributed by atoms with E-state index in [1.807, 2.05) is 24.3 Å². The van der Waals surface area contributed by atoms with E-state index in [-0.39, 0.29) is 23.1 Å². The molecule has 36 heavy (non-hydrogen) atoms. The highest BCUT2D eigenvalue weighted by Crippen LogP contribution is 2.28. The number of ether oxygens (including phenoxy) is 2. The Labute approximate surface area is 210 Å². The number of anilines is 2. The first-order valence-electron chi connectivity index (χ1n) is 11.4. The minimum absolute atomic E-state index is 0.0375. The van der Waals surface area contributed by atoms with Crippen molar-refractivity contribution in [2.24, 2.45) is 0 Å². The predicted molar refractivity (Wildman–Crippen MR) is 136 cm³/mol. The van der Waals surface area contributed by atoms with Crippen LogP contribution in [0.3, 0.4) is 0 Å². The second-order valence-corrected chi connectivity index (χ2v) is 10.1. The minimum Gasteiger partial charge on any atom is -0.495 e. The molecule has 0 atom stereocenters. The van der Waals surface area contributed by atoms with Crippen LogP contribution in [0.15, 0.2) is 71.6 Å². The Hall–Kier alpha value is -3.79. The van der Waals surface area contributed by atoms with Gasteiger partial charge in [0.2, 0.25) is 0 Å². The molecule has 1 N–H and O–H groups in total. The summed E-state index contributed by atoms with van der Waals surface area (Å²) >= 11 is 0. The van der Waals surface area contributed by atoms with E-state index < -0.39 is 15.8 Å². The molecule has 1 aliphatic rings. The highest BCUT2D eigenvalue weighted by molar-refractivity contribution is 7.92. The molecule has 3 aromatic rings. The summed E-state index contributed by atoms with van der Waals surface area (Å²) in [6.07, 6.45) is 0. The number of methoxy groups -OCH3 is 1. The quantitative estimate of drug-likeness (QED) is 0.495. The fraction of sp³-hybridized carbons (Fsp3) is 0.269. The molecular formula is C26H28FN3O5S. The van der Waals surface area contributed by atoms with Gasteiger partial charge in [-0.15, -0.1) is 0 Å². The fourth-order valence-electron chi connectivity index (χ4n) is 4.00. The summed E-state index contributed by atoms with van der Waals surface area (Å²) in [6.45, 7) is 4.05. The molecule has 0 bridgehead atoms. The number of piperazine rings is 1. The first-order chi connectivity index (χ1) is 17.3. The molecule has 1 aliphatic heterocycles. The Kier molecular flexibility index (Phi) is 7.64. The summed E-state index contributed by atoms with van der Waals surface area (Å²) in [5.41, 5.74) is 1.83. The van der Waals surface area contributed by atoms with Crippen LogP contribution in [-0.4, -0.2) is 59.1 Å². The number of carbonyl (C=O) groups excluding carboxylic acids is 1. The van der Waals surface area contributed by atoms with Crippen molar-refractivity contribution < 1.29 is 27.1 Å². The van der Waals surface area contributed by atoms with Gasteiger partial charge in [0, 0.05) is 31.9 Å². The molecule has 0 aliphatic carbocycles. The summed E-state index contributed by atoms with van der Waals surface area (Å²) in [4.78, 5) is 16.7. The lowest BCUT2D eigenvalue weighted by Crippen LogP contribution is -2.50. The lowest BCUT2D eigenvalue weighted by Gasteiger charge is -2.36. The zero-order valence-corrected chi connectivity index (χ0v) is 20.9. The Morgan fingerprint density at radius 3 is 2.33 bits per heavy atom. The summed E-state index contributed by atoms with van der Waals surface area (Å²) in [7, 11) is -2.22. The monoisotopic (exact) mass is 513 g/mol. The third kappa shape index (κ3) is 5.88. The van der Waals surface area contributed by atoms with Crippen LogP contribution in [0.1, 0.15) is 5.56 Å². The number of sulfonamides is 1. The van der Waals surface area contributed by atoms with Crippen LogP contribution in [0.2, 0.25) is 0 Å². The predicted octanol–water partition coefficient (Wildman–Crippen LogP) is 3.67. The molecular weight excluding hydrogens is 485 g/mol. The lowest BCUT2D eigenvalue weighted by molar-refractivity contribution is -0.133. The fourth-order valence-corrected chi connectivity index (χ4v) is 5.14. The van der Waals surface area contributed by atoms with Crippen LogP contribution in [0.4, 0.5) is 15.8 Å². The van der Waals surface area contributed by atoms with E-state index in [0.717, 1.165) is 11.4 Å².